The molecule has 7 nitrogen and oxygen atoms in total. The molecule has 2 heterocycles. The highest BCUT2D eigenvalue weighted by Gasteiger charge is 2.45. The lowest BCUT2D eigenvalue weighted by molar-refractivity contribution is -0.143. The number of rotatable bonds is 7. The van der Waals surface area contributed by atoms with E-state index in [0.717, 1.165) is 30.5 Å². The van der Waals surface area contributed by atoms with Crippen LogP contribution in [-0.4, -0.2) is 59.5 Å². The molecule has 34 heavy (non-hydrogen) atoms. The first kappa shape index (κ1) is 25.7. The Morgan fingerprint density at radius 2 is 1.65 bits per heavy atom. The average molecular weight is 486 g/mol. The molecule has 2 aliphatic rings. The first-order valence-electron chi connectivity index (χ1n) is 11.6. The smallest absolute Gasteiger partial charge is 0.326 e. The van der Waals surface area contributed by atoms with Crippen molar-refractivity contribution in [3.05, 3.63) is 71.8 Å². The van der Waals surface area contributed by atoms with Gasteiger partial charge in [0, 0.05) is 19.5 Å². The summed E-state index contributed by atoms with van der Waals surface area (Å²) < 4.78 is 0. The summed E-state index contributed by atoms with van der Waals surface area (Å²) in [6, 6.07) is 17.7. The molecule has 2 unspecified atom stereocenters. The van der Waals surface area contributed by atoms with Gasteiger partial charge in [0.05, 0.1) is 11.5 Å². The number of likely N-dealkylation sites (tertiary alicyclic amines) is 1. The fourth-order valence-electron chi connectivity index (χ4n) is 4.97. The van der Waals surface area contributed by atoms with Crippen molar-refractivity contribution in [2.45, 2.75) is 49.6 Å². The molecule has 2 fully saturated rings. The molecule has 2 atom stereocenters. The normalized spacial score (nSPS) is 20.1. The number of carbonyl (C=O) groups excluding carboxylic acids is 2. The Kier molecular flexibility index (Phi) is 8.69. The summed E-state index contributed by atoms with van der Waals surface area (Å²) >= 11 is 0. The molecular weight excluding hydrogens is 454 g/mol. The highest BCUT2D eigenvalue weighted by molar-refractivity contribution is 5.92. The number of carbonyl (C=O) groups is 3. The fraction of sp³-hybridized carbons (Fsp3) is 0.423. The van der Waals surface area contributed by atoms with Crippen LogP contribution in [0.2, 0.25) is 0 Å². The summed E-state index contributed by atoms with van der Waals surface area (Å²) in [7, 11) is 0. The zero-order valence-electron chi connectivity index (χ0n) is 19.1. The largest absolute Gasteiger partial charge is 0.480 e. The van der Waals surface area contributed by atoms with Gasteiger partial charge in [-0.25, -0.2) is 4.79 Å². The summed E-state index contributed by atoms with van der Waals surface area (Å²) in [5.41, 5.74) is 0.840. The quantitative estimate of drug-likeness (QED) is 0.559. The number of piperidine rings is 1. The number of nitrogens with one attached hydrogen (secondary N) is 2. The van der Waals surface area contributed by atoms with Crippen LogP contribution in [0.15, 0.2) is 60.7 Å². The van der Waals surface area contributed by atoms with E-state index in [9.17, 15) is 19.5 Å². The van der Waals surface area contributed by atoms with E-state index >= 15 is 0 Å². The van der Waals surface area contributed by atoms with E-state index in [1.54, 1.807) is 0 Å². The number of carboxylic acids is 1. The Morgan fingerprint density at radius 1 is 1.03 bits per heavy atom. The predicted octanol–water partition coefficient (Wildman–Crippen LogP) is 2.53. The maximum Gasteiger partial charge on any atom is 0.326 e. The van der Waals surface area contributed by atoms with E-state index in [1.807, 2.05) is 65.6 Å². The van der Waals surface area contributed by atoms with Crippen LogP contribution < -0.4 is 10.6 Å². The SMILES string of the molecule is Cl.O=C(O)C(Cc1ccccc1)NC(=O)C1(c2ccccc2)CCN(C(=O)C2CCCN2)CC1. The highest BCUT2D eigenvalue weighted by atomic mass is 35.5. The van der Waals surface area contributed by atoms with E-state index in [0.29, 0.717) is 25.9 Å². The van der Waals surface area contributed by atoms with Gasteiger partial charge in [-0.05, 0) is 43.4 Å². The van der Waals surface area contributed by atoms with Gasteiger partial charge in [-0.3, -0.25) is 9.59 Å². The molecule has 2 aromatic rings. The second-order valence-corrected chi connectivity index (χ2v) is 8.98. The van der Waals surface area contributed by atoms with Crippen molar-refractivity contribution < 1.29 is 19.5 Å². The second-order valence-electron chi connectivity index (χ2n) is 8.98. The lowest BCUT2D eigenvalue weighted by Crippen LogP contribution is -2.57. The maximum atomic E-state index is 13.7. The van der Waals surface area contributed by atoms with Crippen LogP contribution >= 0.6 is 12.4 Å². The third-order valence-electron chi connectivity index (χ3n) is 6.93. The fourth-order valence-corrected chi connectivity index (χ4v) is 4.97. The van der Waals surface area contributed by atoms with Crippen LogP contribution in [0, 0.1) is 0 Å². The van der Waals surface area contributed by atoms with Gasteiger partial charge < -0.3 is 20.6 Å². The number of benzene rings is 2. The Bertz CT molecular complexity index is 972. The number of carboxylic acid groups (broad SMARTS) is 1. The van der Waals surface area contributed by atoms with Gasteiger partial charge >= 0.3 is 5.97 Å². The minimum absolute atomic E-state index is 0. The molecule has 2 amide bonds. The Labute approximate surface area is 206 Å². The number of amides is 2. The van der Waals surface area contributed by atoms with Crippen molar-refractivity contribution in [3.8, 4) is 0 Å². The third kappa shape index (κ3) is 5.59. The number of hydrogen-bond donors (Lipinski definition) is 3. The summed E-state index contributed by atoms with van der Waals surface area (Å²) in [5.74, 6) is -1.25. The zero-order valence-corrected chi connectivity index (χ0v) is 19.9. The van der Waals surface area contributed by atoms with Gasteiger partial charge in [-0.1, -0.05) is 60.7 Å². The van der Waals surface area contributed by atoms with Crippen LogP contribution in [0.25, 0.3) is 0 Å². The first-order valence-corrected chi connectivity index (χ1v) is 11.6. The van der Waals surface area contributed by atoms with Crippen LogP contribution in [0.1, 0.15) is 36.8 Å². The molecule has 2 saturated heterocycles. The Morgan fingerprint density at radius 3 is 2.21 bits per heavy atom. The molecule has 8 heteroatoms. The number of hydrogen-bond acceptors (Lipinski definition) is 4. The van der Waals surface area contributed by atoms with E-state index in [2.05, 4.69) is 10.6 Å². The molecule has 0 bridgehead atoms. The van der Waals surface area contributed by atoms with Crippen LogP contribution in [0.5, 0.6) is 0 Å². The molecule has 3 N–H and O–H groups in total. The zero-order chi connectivity index (χ0) is 23.3. The molecule has 0 radical (unpaired) electrons. The molecule has 0 saturated carbocycles. The maximum absolute atomic E-state index is 13.7. The minimum atomic E-state index is -1.06. The lowest BCUT2D eigenvalue weighted by atomic mass is 9.71. The van der Waals surface area contributed by atoms with E-state index < -0.39 is 17.4 Å². The van der Waals surface area contributed by atoms with Crippen molar-refractivity contribution >= 4 is 30.2 Å². The standard InChI is InChI=1S/C26H31N3O4.ClH/c30-23(21-12-7-15-27-21)29-16-13-26(14-17-29,20-10-5-2-6-11-20)25(33)28-22(24(31)32)18-19-8-3-1-4-9-19;/h1-6,8-11,21-22,27H,7,12-18H2,(H,28,33)(H,31,32);1H. The van der Waals surface area contributed by atoms with Gasteiger partial charge in [-0.15, -0.1) is 12.4 Å². The number of nitrogens with zero attached hydrogens (tertiary/aromatic N) is 1. The van der Waals surface area contributed by atoms with Crippen molar-refractivity contribution in [2.75, 3.05) is 19.6 Å². The van der Waals surface area contributed by atoms with Crippen LogP contribution in [0.4, 0.5) is 0 Å². The topological polar surface area (TPSA) is 98.7 Å². The van der Waals surface area contributed by atoms with Crippen LogP contribution in [0.3, 0.4) is 0 Å². The predicted molar refractivity (Wildman–Crippen MR) is 132 cm³/mol. The van der Waals surface area contributed by atoms with Gasteiger partial charge in [-0.2, -0.15) is 0 Å². The van der Waals surface area contributed by atoms with Crippen molar-refractivity contribution in [1.82, 2.24) is 15.5 Å². The molecule has 0 spiro atoms. The molecule has 182 valence electrons. The van der Waals surface area contributed by atoms with Crippen molar-refractivity contribution in [1.29, 1.82) is 0 Å². The molecule has 0 aromatic heterocycles. The number of halogens is 1. The van der Waals surface area contributed by atoms with Crippen molar-refractivity contribution in [2.24, 2.45) is 0 Å². The molecule has 4 rings (SSSR count). The van der Waals surface area contributed by atoms with Gasteiger partial charge in [0.25, 0.3) is 0 Å². The number of aliphatic carboxylic acids is 1. The average Bonchev–Trinajstić information content (AvgIpc) is 3.39. The Hall–Kier alpha value is -2.90. The van der Waals surface area contributed by atoms with Gasteiger partial charge in [0.15, 0.2) is 0 Å². The summed E-state index contributed by atoms with van der Waals surface area (Å²) in [5, 5.41) is 15.9. The minimum Gasteiger partial charge on any atom is -0.480 e. The third-order valence-corrected chi connectivity index (χ3v) is 6.93. The molecule has 2 aromatic carbocycles. The molecule has 2 aliphatic heterocycles. The summed E-state index contributed by atoms with van der Waals surface area (Å²) in [6.45, 7) is 1.80. The van der Waals surface area contributed by atoms with Gasteiger partial charge in [0.1, 0.15) is 6.04 Å². The molecular formula is C26H32ClN3O4. The van der Waals surface area contributed by atoms with E-state index in [4.69, 9.17) is 0 Å². The summed E-state index contributed by atoms with van der Waals surface area (Å²) in [4.78, 5) is 40.4. The van der Waals surface area contributed by atoms with Gasteiger partial charge in [0.2, 0.25) is 11.8 Å². The van der Waals surface area contributed by atoms with E-state index in [1.165, 1.54) is 0 Å². The first-order chi connectivity index (χ1) is 16.0. The second kappa shape index (κ2) is 11.5. The van der Waals surface area contributed by atoms with Crippen molar-refractivity contribution in [3.63, 3.8) is 0 Å². The highest BCUT2D eigenvalue weighted by Crippen LogP contribution is 2.36. The lowest BCUT2D eigenvalue weighted by Gasteiger charge is -2.42. The van der Waals surface area contributed by atoms with Crippen LogP contribution in [-0.2, 0) is 26.2 Å². The monoisotopic (exact) mass is 485 g/mol. The molecule has 0 aliphatic carbocycles. The summed E-state index contributed by atoms with van der Waals surface area (Å²) in [6.07, 6.45) is 2.97. The Balaban J connectivity index is 0.00000324. The van der Waals surface area contributed by atoms with E-state index in [-0.39, 0.29) is 36.7 Å².